The summed E-state index contributed by atoms with van der Waals surface area (Å²) >= 11 is 5.18. The highest BCUT2D eigenvalue weighted by Crippen LogP contribution is 2.29. The molecule has 1 heterocycles. The number of thiophene rings is 1. The van der Waals surface area contributed by atoms with Crippen LogP contribution in [0.5, 0.6) is 0 Å². The van der Waals surface area contributed by atoms with Crippen molar-refractivity contribution < 1.29 is 9.53 Å². The number of benzene rings is 1. The molecule has 7 heteroatoms. The minimum Gasteiger partial charge on any atom is -0.407 e. The first-order valence-corrected chi connectivity index (χ1v) is 7.92. The number of hydrogen-bond acceptors (Lipinski definition) is 6. The van der Waals surface area contributed by atoms with Crippen LogP contribution in [0, 0.1) is 0 Å². The van der Waals surface area contributed by atoms with E-state index in [0.717, 1.165) is 10.9 Å². The van der Waals surface area contributed by atoms with E-state index in [1.807, 2.05) is 6.07 Å². The molecule has 0 atom stereocenters. The first-order chi connectivity index (χ1) is 9.99. The molecular formula is C14H16BrN3O2S. The number of carbonyl (C=O) groups is 1. The first-order valence-electron chi connectivity index (χ1n) is 6.31. The summed E-state index contributed by atoms with van der Waals surface area (Å²) in [5.74, 6) is 4.96. The molecule has 21 heavy (non-hydrogen) atoms. The molecule has 1 aromatic carbocycles. The summed E-state index contributed by atoms with van der Waals surface area (Å²) in [6.45, 7) is 1.30. The van der Waals surface area contributed by atoms with Crippen molar-refractivity contribution in [1.82, 2.24) is 5.43 Å². The second-order valence-electron chi connectivity index (χ2n) is 4.49. The molecule has 0 spiro atoms. The molecule has 0 unspecified atom stereocenters. The van der Waals surface area contributed by atoms with Gasteiger partial charge >= 0.3 is 5.97 Å². The van der Waals surface area contributed by atoms with Crippen LogP contribution in [0.3, 0.4) is 0 Å². The third-order valence-corrected chi connectivity index (χ3v) is 4.51. The number of allylic oxidation sites excluding steroid dienone is 1. The van der Waals surface area contributed by atoms with Crippen molar-refractivity contribution in [2.24, 2.45) is 11.6 Å². The number of halogens is 1. The zero-order chi connectivity index (χ0) is 15.4. The zero-order valence-corrected chi connectivity index (χ0v) is 13.9. The number of nitrogens with one attached hydrogen (secondary N) is 1. The fraction of sp³-hybridized carbons (Fsp3) is 0.214. The van der Waals surface area contributed by atoms with Crippen molar-refractivity contribution in [3.63, 3.8) is 0 Å². The lowest BCUT2D eigenvalue weighted by Crippen LogP contribution is -2.28. The summed E-state index contributed by atoms with van der Waals surface area (Å²) in [5, 5.41) is 1.20. The molecule has 0 fully saturated rings. The first kappa shape index (κ1) is 15.8. The van der Waals surface area contributed by atoms with Gasteiger partial charge in [-0.3, -0.25) is 10.2 Å². The van der Waals surface area contributed by atoms with E-state index in [9.17, 15) is 4.79 Å². The highest BCUT2D eigenvalue weighted by Gasteiger charge is 2.08. The van der Waals surface area contributed by atoms with Gasteiger partial charge in [0.25, 0.3) is 0 Å². The molecule has 0 amide bonds. The highest BCUT2D eigenvalue weighted by atomic mass is 79.9. The summed E-state index contributed by atoms with van der Waals surface area (Å²) in [4.78, 5) is 12.1. The van der Waals surface area contributed by atoms with Crippen molar-refractivity contribution in [1.29, 1.82) is 0 Å². The number of nitrogens with two attached hydrogens (primary N) is 2. The van der Waals surface area contributed by atoms with Gasteiger partial charge in [0.15, 0.2) is 0 Å². The third-order valence-electron chi connectivity index (χ3n) is 2.84. The molecule has 0 aliphatic rings. The number of esters is 1. The Morgan fingerprint density at radius 2 is 2.19 bits per heavy atom. The maximum Gasteiger partial charge on any atom is 0.309 e. The summed E-state index contributed by atoms with van der Waals surface area (Å²) in [5.41, 5.74) is 8.63. The molecule has 0 radical (unpaired) electrons. The molecule has 2 aromatic rings. The average Bonchev–Trinajstić information content (AvgIpc) is 2.83. The molecule has 0 saturated heterocycles. The Balaban J connectivity index is 2.09. The normalized spacial score (nSPS) is 12.1. The van der Waals surface area contributed by atoms with Crippen LogP contribution in [-0.2, 0) is 16.0 Å². The Morgan fingerprint density at radius 1 is 1.43 bits per heavy atom. The minimum absolute atomic E-state index is 0.117. The van der Waals surface area contributed by atoms with Crippen LogP contribution in [-0.4, -0.2) is 5.97 Å². The molecular weight excluding hydrogens is 354 g/mol. The Kier molecular flexibility index (Phi) is 5.22. The van der Waals surface area contributed by atoms with Gasteiger partial charge < -0.3 is 10.5 Å². The molecule has 5 N–H and O–H groups in total. The van der Waals surface area contributed by atoms with E-state index in [1.54, 1.807) is 11.3 Å². The van der Waals surface area contributed by atoms with E-state index < -0.39 is 5.97 Å². The second kappa shape index (κ2) is 6.93. The monoisotopic (exact) mass is 369 g/mol. The van der Waals surface area contributed by atoms with Crippen LogP contribution in [0.1, 0.15) is 18.2 Å². The van der Waals surface area contributed by atoms with Gasteiger partial charge in [-0.05, 0) is 42.5 Å². The van der Waals surface area contributed by atoms with E-state index in [4.69, 9.17) is 16.3 Å². The topological polar surface area (TPSA) is 90.4 Å². The van der Waals surface area contributed by atoms with Crippen LogP contribution >= 0.6 is 27.3 Å². The van der Waals surface area contributed by atoms with Gasteiger partial charge in [0.05, 0.1) is 5.70 Å². The zero-order valence-electron chi connectivity index (χ0n) is 11.5. The van der Waals surface area contributed by atoms with E-state index in [2.05, 4.69) is 39.6 Å². The molecule has 2 rings (SSSR count). The molecule has 0 aliphatic heterocycles. The Morgan fingerprint density at radius 3 is 2.86 bits per heavy atom. The Labute approximate surface area is 135 Å². The number of rotatable bonds is 5. The minimum atomic E-state index is -0.461. The maximum atomic E-state index is 10.9. The van der Waals surface area contributed by atoms with Crippen LogP contribution < -0.4 is 17.0 Å². The number of carbonyl (C=O) groups excluding carboxylic acids is 1. The highest BCUT2D eigenvalue weighted by molar-refractivity contribution is 9.10. The lowest BCUT2D eigenvalue weighted by Gasteiger charge is -2.09. The lowest BCUT2D eigenvalue weighted by molar-refractivity contribution is -0.137. The number of ether oxygens (including phenoxy) is 1. The molecule has 0 bridgehead atoms. The summed E-state index contributed by atoms with van der Waals surface area (Å²) in [6, 6.07) is 8.33. The van der Waals surface area contributed by atoms with Crippen LogP contribution in [0.2, 0.25) is 0 Å². The number of fused-ring (bicyclic) bond motifs is 1. The molecule has 0 saturated carbocycles. The third kappa shape index (κ3) is 4.20. The van der Waals surface area contributed by atoms with Crippen LogP contribution in [0.25, 0.3) is 10.1 Å². The molecule has 1 aromatic heterocycles. The van der Waals surface area contributed by atoms with Crippen LogP contribution in [0.4, 0.5) is 0 Å². The second-order valence-corrected chi connectivity index (χ2v) is 6.57. The fourth-order valence-electron chi connectivity index (χ4n) is 1.90. The van der Waals surface area contributed by atoms with Gasteiger partial charge in [0.1, 0.15) is 0 Å². The predicted molar refractivity (Wildman–Crippen MR) is 88.1 cm³/mol. The van der Waals surface area contributed by atoms with E-state index in [1.165, 1.54) is 21.9 Å². The quantitative estimate of drug-likeness (QED) is 0.326. The fourth-order valence-corrected chi connectivity index (χ4v) is 3.32. The summed E-state index contributed by atoms with van der Waals surface area (Å²) < 4.78 is 7.19. The summed E-state index contributed by atoms with van der Waals surface area (Å²) in [7, 11) is 0. The largest absolute Gasteiger partial charge is 0.407 e. The van der Waals surface area contributed by atoms with E-state index in [0.29, 0.717) is 12.1 Å². The van der Waals surface area contributed by atoms with Crippen molar-refractivity contribution in [2.45, 2.75) is 19.8 Å². The number of hydrogen-bond donors (Lipinski definition) is 3. The predicted octanol–water partition coefficient (Wildman–Crippen LogP) is 2.75. The van der Waals surface area contributed by atoms with Crippen molar-refractivity contribution in [2.75, 3.05) is 0 Å². The molecule has 0 aliphatic carbocycles. The van der Waals surface area contributed by atoms with E-state index in [-0.39, 0.29) is 5.88 Å². The van der Waals surface area contributed by atoms with Crippen molar-refractivity contribution in [3.05, 3.63) is 45.2 Å². The smallest absolute Gasteiger partial charge is 0.309 e. The average molecular weight is 370 g/mol. The van der Waals surface area contributed by atoms with Crippen molar-refractivity contribution >= 4 is 43.3 Å². The van der Waals surface area contributed by atoms with Crippen LogP contribution in [0.15, 0.2) is 40.3 Å². The van der Waals surface area contributed by atoms with Crippen molar-refractivity contribution in [3.8, 4) is 0 Å². The Bertz CT molecular complexity index is 697. The van der Waals surface area contributed by atoms with Gasteiger partial charge in [-0.2, -0.15) is 0 Å². The maximum absolute atomic E-state index is 10.9. The number of hydrazine groups is 1. The Hall–Kier alpha value is -1.57. The number of aryl methyl sites for hydroxylation is 1. The standard InChI is InChI=1S/C14H16BrN3O2S/c1-8(19)20-14(18-17)12(16)4-3-11-7-9-6-10(15)2-5-13(9)21-11/h2,5-7,18H,3-4,16-17H2,1H3/b14-12+. The lowest BCUT2D eigenvalue weighted by atomic mass is 10.2. The van der Waals surface area contributed by atoms with Gasteiger partial charge in [0.2, 0.25) is 5.88 Å². The molecule has 5 nitrogen and oxygen atoms in total. The van der Waals surface area contributed by atoms with Gasteiger partial charge in [-0.1, -0.05) is 15.9 Å². The van der Waals surface area contributed by atoms with Gasteiger partial charge in [0, 0.05) is 21.0 Å². The SMILES string of the molecule is CC(=O)O/C(NN)=C(/N)CCc1cc2cc(Br)ccc2s1. The van der Waals surface area contributed by atoms with Gasteiger partial charge in [-0.15, -0.1) is 11.3 Å². The summed E-state index contributed by atoms with van der Waals surface area (Å²) in [6.07, 6.45) is 1.32. The molecule has 112 valence electrons. The van der Waals surface area contributed by atoms with Gasteiger partial charge in [-0.25, -0.2) is 5.84 Å². The van der Waals surface area contributed by atoms with E-state index >= 15 is 0 Å².